The van der Waals surface area contributed by atoms with Gasteiger partial charge in [0, 0.05) is 24.8 Å². The summed E-state index contributed by atoms with van der Waals surface area (Å²) in [7, 11) is 0. The molecule has 2 aromatic carbocycles. The van der Waals surface area contributed by atoms with Gasteiger partial charge in [0.1, 0.15) is 0 Å². The molecular weight excluding hydrogens is 392 g/mol. The Hall–Kier alpha value is -3.85. The fourth-order valence-electron chi connectivity index (χ4n) is 2.24. The number of thiocarbonyl (C=S) groups is 1. The zero-order valence-electron chi connectivity index (χ0n) is 15.3. The second-order valence-corrected chi connectivity index (χ2v) is 6.08. The maximum absolute atomic E-state index is 12.2. The minimum Gasteiger partial charge on any atom is -0.349 e. The molecule has 8 nitrogen and oxygen atoms in total. The predicted octanol–water partition coefficient (Wildman–Crippen LogP) is 3.04. The summed E-state index contributed by atoms with van der Waals surface area (Å²) in [5, 5.41) is 18.6. The molecule has 0 atom stereocenters. The lowest BCUT2D eigenvalue weighted by molar-refractivity contribution is -0.384. The first kappa shape index (κ1) is 21.5. The number of hydrogen-bond acceptors (Lipinski definition) is 5. The Balaban J connectivity index is 1.97. The smallest absolute Gasteiger partial charge is 0.269 e. The molecule has 29 heavy (non-hydrogen) atoms. The summed E-state index contributed by atoms with van der Waals surface area (Å²) >= 11 is 5.12. The molecule has 2 amide bonds. The molecule has 2 aromatic rings. The number of rotatable bonds is 7. The van der Waals surface area contributed by atoms with E-state index in [0.717, 1.165) is 0 Å². The molecule has 0 spiro atoms. The molecule has 0 saturated carbocycles. The number of amides is 2. The van der Waals surface area contributed by atoms with Gasteiger partial charge in [0.25, 0.3) is 11.6 Å². The molecular formula is C20H18N4O4S. The summed E-state index contributed by atoms with van der Waals surface area (Å²) in [5.74, 6) is -0.797. The SMILES string of the molecule is C=CCNC(=O)c1ccccc1NC(=S)NC(=O)C=Cc1ccc([N+](=O)[O-])cc1. The van der Waals surface area contributed by atoms with E-state index in [0.29, 0.717) is 23.4 Å². The van der Waals surface area contributed by atoms with Gasteiger partial charge in [-0.15, -0.1) is 6.58 Å². The van der Waals surface area contributed by atoms with Crippen molar-refractivity contribution < 1.29 is 14.5 Å². The molecule has 0 unspecified atom stereocenters. The lowest BCUT2D eigenvalue weighted by atomic mass is 10.1. The van der Waals surface area contributed by atoms with E-state index in [9.17, 15) is 19.7 Å². The number of carbonyl (C=O) groups is 2. The molecule has 0 bridgehead atoms. The van der Waals surface area contributed by atoms with Crippen LogP contribution in [0, 0.1) is 10.1 Å². The van der Waals surface area contributed by atoms with Crippen molar-refractivity contribution in [3.05, 3.63) is 88.5 Å². The van der Waals surface area contributed by atoms with Crippen LogP contribution in [0.3, 0.4) is 0 Å². The molecule has 0 heterocycles. The summed E-state index contributed by atoms with van der Waals surface area (Å²) in [6.45, 7) is 3.87. The van der Waals surface area contributed by atoms with E-state index in [1.54, 1.807) is 30.3 Å². The van der Waals surface area contributed by atoms with Crippen molar-refractivity contribution in [2.45, 2.75) is 0 Å². The second-order valence-electron chi connectivity index (χ2n) is 5.67. The molecule has 0 radical (unpaired) electrons. The quantitative estimate of drug-likeness (QED) is 0.213. The van der Waals surface area contributed by atoms with Gasteiger partial charge in [-0.25, -0.2) is 0 Å². The molecule has 0 saturated heterocycles. The molecule has 2 rings (SSSR count). The molecule has 0 fully saturated rings. The third kappa shape index (κ3) is 6.67. The highest BCUT2D eigenvalue weighted by atomic mass is 32.1. The second kappa shape index (κ2) is 10.5. The van der Waals surface area contributed by atoms with Crippen molar-refractivity contribution in [1.82, 2.24) is 10.6 Å². The zero-order chi connectivity index (χ0) is 21.2. The van der Waals surface area contributed by atoms with Gasteiger partial charge in [-0.05, 0) is 48.1 Å². The summed E-state index contributed by atoms with van der Waals surface area (Å²) in [5.41, 5.74) is 1.40. The Kier molecular flexibility index (Phi) is 7.75. The van der Waals surface area contributed by atoms with Crippen LogP contribution in [0.1, 0.15) is 15.9 Å². The number of non-ortho nitro benzene ring substituents is 1. The summed E-state index contributed by atoms with van der Waals surface area (Å²) < 4.78 is 0. The normalized spacial score (nSPS) is 10.2. The molecule has 3 N–H and O–H groups in total. The molecule has 0 aliphatic rings. The van der Waals surface area contributed by atoms with Gasteiger partial charge in [-0.1, -0.05) is 18.2 Å². The third-order valence-electron chi connectivity index (χ3n) is 3.59. The standard InChI is InChI=1S/C20H18N4O4S/c1-2-13-21-19(26)16-5-3-4-6-17(16)22-20(29)23-18(25)12-9-14-7-10-15(11-8-14)24(27)28/h2-12H,1,13H2,(H,21,26)(H2,22,23,25,29). The first-order valence-electron chi connectivity index (χ1n) is 8.43. The molecule has 0 aromatic heterocycles. The molecule has 148 valence electrons. The van der Waals surface area contributed by atoms with E-state index >= 15 is 0 Å². The highest BCUT2D eigenvalue weighted by molar-refractivity contribution is 7.80. The number of carbonyl (C=O) groups excluding carboxylic acids is 2. The van der Waals surface area contributed by atoms with Crippen molar-refractivity contribution >= 4 is 46.6 Å². The topological polar surface area (TPSA) is 113 Å². The van der Waals surface area contributed by atoms with E-state index in [1.807, 2.05) is 0 Å². The summed E-state index contributed by atoms with van der Waals surface area (Å²) in [4.78, 5) is 34.3. The van der Waals surface area contributed by atoms with Crippen LogP contribution in [0.25, 0.3) is 6.08 Å². The Morgan fingerprint density at radius 1 is 1.14 bits per heavy atom. The van der Waals surface area contributed by atoms with Crippen molar-refractivity contribution in [3.63, 3.8) is 0 Å². The Morgan fingerprint density at radius 3 is 2.48 bits per heavy atom. The van der Waals surface area contributed by atoms with Gasteiger partial charge in [-0.3, -0.25) is 25.0 Å². The van der Waals surface area contributed by atoms with Crippen LogP contribution in [0.2, 0.25) is 0 Å². The number of anilines is 1. The predicted molar refractivity (Wildman–Crippen MR) is 115 cm³/mol. The van der Waals surface area contributed by atoms with Crippen LogP contribution >= 0.6 is 12.2 Å². The van der Waals surface area contributed by atoms with Gasteiger partial charge >= 0.3 is 0 Å². The summed E-state index contributed by atoms with van der Waals surface area (Å²) in [6.07, 6.45) is 4.31. The van der Waals surface area contributed by atoms with Crippen LogP contribution < -0.4 is 16.0 Å². The number of nitrogens with one attached hydrogen (secondary N) is 3. The first-order chi connectivity index (χ1) is 13.9. The largest absolute Gasteiger partial charge is 0.349 e. The number of benzene rings is 2. The van der Waals surface area contributed by atoms with Crippen molar-refractivity contribution in [3.8, 4) is 0 Å². The fraction of sp³-hybridized carbons (Fsp3) is 0.0500. The van der Waals surface area contributed by atoms with Gasteiger partial charge < -0.3 is 10.6 Å². The van der Waals surface area contributed by atoms with Gasteiger partial charge in [-0.2, -0.15) is 0 Å². The highest BCUT2D eigenvalue weighted by Crippen LogP contribution is 2.15. The lowest BCUT2D eigenvalue weighted by Gasteiger charge is -2.12. The maximum atomic E-state index is 12.2. The van der Waals surface area contributed by atoms with E-state index < -0.39 is 10.8 Å². The Labute approximate surface area is 172 Å². The maximum Gasteiger partial charge on any atom is 0.269 e. The van der Waals surface area contributed by atoms with E-state index in [2.05, 4.69) is 22.5 Å². The third-order valence-corrected chi connectivity index (χ3v) is 3.80. The van der Waals surface area contributed by atoms with Gasteiger partial charge in [0.15, 0.2) is 5.11 Å². The number of nitro benzene ring substituents is 1. The van der Waals surface area contributed by atoms with E-state index in [4.69, 9.17) is 12.2 Å². The molecule has 0 aliphatic heterocycles. The summed E-state index contributed by atoms with van der Waals surface area (Å²) in [6, 6.07) is 12.5. The Morgan fingerprint density at radius 2 is 1.83 bits per heavy atom. The van der Waals surface area contributed by atoms with Crippen LogP contribution in [0.5, 0.6) is 0 Å². The van der Waals surface area contributed by atoms with Crippen LogP contribution in [0.4, 0.5) is 11.4 Å². The minimum atomic E-state index is -0.500. The van der Waals surface area contributed by atoms with E-state index in [-0.39, 0.29) is 16.7 Å². The Bertz CT molecular complexity index is 971. The van der Waals surface area contributed by atoms with Crippen molar-refractivity contribution in [2.75, 3.05) is 11.9 Å². The average Bonchev–Trinajstić information content (AvgIpc) is 2.71. The highest BCUT2D eigenvalue weighted by Gasteiger charge is 2.11. The number of hydrogen-bond donors (Lipinski definition) is 3. The van der Waals surface area contributed by atoms with Crippen LogP contribution in [-0.2, 0) is 4.79 Å². The average molecular weight is 410 g/mol. The minimum absolute atomic E-state index is 0.0207. The van der Waals surface area contributed by atoms with Gasteiger partial charge in [0.05, 0.1) is 16.2 Å². The lowest BCUT2D eigenvalue weighted by Crippen LogP contribution is -2.34. The van der Waals surface area contributed by atoms with Crippen LogP contribution in [-0.4, -0.2) is 28.4 Å². The first-order valence-corrected chi connectivity index (χ1v) is 8.84. The number of nitrogens with zero attached hydrogens (tertiary/aromatic N) is 1. The molecule has 9 heteroatoms. The number of para-hydroxylation sites is 1. The van der Waals surface area contributed by atoms with Crippen molar-refractivity contribution in [2.24, 2.45) is 0 Å². The number of nitro groups is 1. The van der Waals surface area contributed by atoms with E-state index in [1.165, 1.54) is 36.4 Å². The van der Waals surface area contributed by atoms with Crippen LogP contribution in [0.15, 0.2) is 67.3 Å². The zero-order valence-corrected chi connectivity index (χ0v) is 16.1. The fourth-order valence-corrected chi connectivity index (χ4v) is 2.45. The monoisotopic (exact) mass is 410 g/mol. The van der Waals surface area contributed by atoms with Crippen molar-refractivity contribution in [1.29, 1.82) is 0 Å². The molecule has 0 aliphatic carbocycles. The van der Waals surface area contributed by atoms with Gasteiger partial charge in [0.2, 0.25) is 5.91 Å².